The molecule has 18 heavy (non-hydrogen) atoms. The monoisotopic (exact) mass is 287 g/mol. The number of hydrogen-bond acceptors (Lipinski definition) is 2. The highest BCUT2D eigenvalue weighted by atomic mass is 32.1. The fourth-order valence-electron chi connectivity index (χ4n) is 1.52. The summed E-state index contributed by atoms with van der Waals surface area (Å²) in [4.78, 5) is 0.0331. The fourth-order valence-corrected chi connectivity index (χ4v) is 2.56. The van der Waals surface area contributed by atoms with Gasteiger partial charge in [0.2, 0.25) is 0 Å². The van der Waals surface area contributed by atoms with Crippen LogP contribution < -0.4 is 5.32 Å². The smallest absolute Gasteiger partial charge is 0.304 e. The highest BCUT2D eigenvalue weighted by Gasteiger charge is 2.63. The molecule has 1 nitrogen and oxygen atoms in total. The number of rotatable bonds is 5. The highest BCUT2D eigenvalue weighted by molar-refractivity contribution is 7.10. The third-order valence-corrected chi connectivity index (χ3v) is 3.59. The lowest BCUT2D eigenvalue weighted by atomic mass is 10.0. The van der Waals surface area contributed by atoms with E-state index in [0.717, 1.165) is 11.3 Å². The van der Waals surface area contributed by atoms with Crippen LogP contribution in [0.15, 0.2) is 11.4 Å². The van der Waals surface area contributed by atoms with Gasteiger partial charge in [0, 0.05) is 4.88 Å². The van der Waals surface area contributed by atoms with E-state index in [1.807, 2.05) is 0 Å². The third-order valence-electron chi connectivity index (χ3n) is 2.50. The van der Waals surface area contributed by atoms with Gasteiger partial charge < -0.3 is 5.32 Å². The van der Waals surface area contributed by atoms with Crippen molar-refractivity contribution in [1.29, 1.82) is 0 Å². The summed E-state index contributed by atoms with van der Waals surface area (Å²) < 4.78 is 64.3. The largest absolute Gasteiger partial charge is 0.455 e. The van der Waals surface area contributed by atoms with Gasteiger partial charge in [-0.05, 0) is 36.9 Å². The summed E-state index contributed by atoms with van der Waals surface area (Å²) in [7, 11) is 0. The number of aryl methyl sites for hydroxylation is 1. The van der Waals surface area contributed by atoms with Crippen molar-refractivity contribution in [2.24, 2.45) is 0 Å². The van der Waals surface area contributed by atoms with Crippen LogP contribution in [-0.2, 0) is 0 Å². The second-order valence-corrected chi connectivity index (χ2v) is 4.92. The minimum absolute atomic E-state index is 0.0331. The van der Waals surface area contributed by atoms with Gasteiger partial charge in [0.1, 0.15) is 6.04 Å². The first-order chi connectivity index (χ1) is 8.21. The average Bonchev–Trinajstić information content (AvgIpc) is 2.63. The first kappa shape index (κ1) is 15.4. The van der Waals surface area contributed by atoms with Crippen molar-refractivity contribution in [2.75, 3.05) is 6.54 Å². The van der Waals surface area contributed by atoms with E-state index in [0.29, 0.717) is 12.0 Å². The molecule has 1 aromatic rings. The Morgan fingerprint density at radius 2 is 1.89 bits per heavy atom. The van der Waals surface area contributed by atoms with Crippen LogP contribution in [0.4, 0.5) is 22.0 Å². The molecule has 0 spiro atoms. The van der Waals surface area contributed by atoms with Crippen LogP contribution in [0.25, 0.3) is 0 Å². The van der Waals surface area contributed by atoms with E-state index in [1.165, 1.54) is 18.4 Å². The molecule has 7 heteroatoms. The molecule has 0 aliphatic heterocycles. The van der Waals surface area contributed by atoms with Gasteiger partial charge in [-0.2, -0.15) is 22.0 Å². The maximum Gasteiger partial charge on any atom is 0.455 e. The maximum atomic E-state index is 13.5. The fraction of sp³-hybridized carbons (Fsp3) is 0.636. The molecule has 0 bridgehead atoms. The molecule has 104 valence electrons. The Labute approximate surface area is 106 Å². The van der Waals surface area contributed by atoms with Gasteiger partial charge in [-0.3, -0.25) is 0 Å². The zero-order valence-electron chi connectivity index (χ0n) is 9.94. The van der Waals surface area contributed by atoms with Crippen LogP contribution >= 0.6 is 11.3 Å². The molecular weight excluding hydrogens is 273 g/mol. The van der Waals surface area contributed by atoms with Crippen LogP contribution in [0.2, 0.25) is 0 Å². The van der Waals surface area contributed by atoms with Crippen molar-refractivity contribution < 1.29 is 22.0 Å². The van der Waals surface area contributed by atoms with Gasteiger partial charge >= 0.3 is 12.1 Å². The molecule has 1 rings (SSSR count). The van der Waals surface area contributed by atoms with E-state index in [9.17, 15) is 22.0 Å². The molecule has 0 aromatic carbocycles. The number of halogens is 5. The number of hydrogen-bond donors (Lipinski definition) is 1. The number of thiophene rings is 1. The normalized spacial score (nSPS) is 14.8. The second kappa shape index (κ2) is 5.52. The average molecular weight is 287 g/mol. The zero-order chi connectivity index (χ0) is 14.0. The van der Waals surface area contributed by atoms with E-state index in [-0.39, 0.29) is 11.4 Å². The van der Waals surface area contributed by atoms with E-state index < -0.39 is 18.1 Å². The number of alkyl halides is 5. The van der Waals surface area contributed by atoms with Gasteiger partial charge in [-0.15, -0.1) is 11.3 Å². The van der Waals surface area contributed by atoms with E-state index in [4.69, 9.17) is 0 Å². The lowest BCUT2D eigenvalue weighted by molar-refractivity contribution is -0.294. The predicted molar refractivity (Wildman–Crippen MR) is 61.1 cm³/mol. The molecule has 0 saturated heterocycles. The van der Waals surface area contributed by atoms with Crippen molar-refractivity contribution in [3.63, 3.8) is 0 Å². The lowest BCUT2D eigenvalue weighted by Crippen LogP contribution is -2.48. The van der Waals surface area contributed by atoms with Crippen molar-refractivity contribution in [2.45, 2.75) is 38.4 Å². The Morgan fingerprint density at radius 3 is 2.28 bits per heavy atom. The molecule has 1 atom stereocenters. The van der Waals surface area contributed by atoms with Crippen LogP contribution in [0, 0.1) is 6.92 Å². The summed E-state index contributed by atoms with van der Waals surface area (Å²) in [5.74, 6) is -4.78. The standard InChI is InChI=1S/C11H14F5NS/c1-3-5-17-9(8-7(2)4-6-18-8)10(12,13)11(14,15)16/h4,6,9,17H,3,5H2,1-2H3. The number of nitrogens with one attached hydrogen (secondary N) is 1. The summed E-state index contributed by atoms with van der Waals surface area (Å²) in [5, 5.41) is 3.81. The van der Waals surface area contributed by atoms with E-state index >= 15 is 0 Å². The summed E-state index contributed by atoms with van der Waals surface area (Å²) >= 11 is 0.909. The first-order valence-electron chi connectivity index (χ1n) is 5.43. The van der Waals surface area contributed by atoms with Crippen LogP contribution in [0.1, 0.15) is 29.8 Å². The topological polar surface area (TPSA) is 12.0 Å². The Morgan fingerprint density at radius 1 is 1.28 bits per heavy atom. The molecule has 0 aliphatic rings. The molecule has 1 unspecified atom stereocenters. The molecule has 0 aliphatic carbocycles. The molecule has 1 heterocycles. The minimum atomic E-state index is -5.56. The Bertz CT molecular complexity index is 385. The Kier molecular flexibility index (Phi) is 4.72. The summed E-state index contributed by atoms with van der Waals surface area (Å²) in [6, 6.07) is -0.481. The van der Waals surface area contributed by atoms with Crippen molar-refractivity contribution >= 4 is 11.3 Å². The van der Waals surface area contributed by atoms with Gasteiger partial charge in [0.15, 0.2) is 0 Å². The lowest BCUT2D eigenvalue weighted by Gasteiger charge is -2.29. The predicted octanol–water partition coefficient (Wildman–Crippen LogP) is 4.29. The molecule has 0 amide bonds. The first-order valence-corrected chi connectivity index (χ1v) is 6.31. The van der Waals surface area contributed by atoms with Gasteiger partial charge in [-0.1, -0.05) is 6.92 Å². The highest BCUT2D eigenvalue weighted by Crippen LogP contribution is 2.46. The van der Waals surface area contributed by atoms with Crippen molar-refractivity contribution in [1.82, 2.24) is 5.32 Å². The van der Waals surface area contributed by atoms with Crippen molar-refractivity contribution in [3.8, 4) is 0 Å². The zero-order valence-corrected chi connectivity index (χ0v) is 10.8. The molecular formula is C11H14F5NS. The summed E-state index contributed by atoms with van der Waals surface area (Å²) in [6.45, 7) is 3.34. The van der Waals surface area contributed by atoms with Crippen LogP contribution in [0.3, 0.4) is 0 Å². The molecule has 1 N–H and O–H groups in total. The second-order valence-electron chi connectivity index (χ2n) is 3.98. The SMILES string of the molecule is CCCNC(c1sccc1C)C(F)(F)C(F)(F)F. The van der Waals surface area contributed by atoms with Gasteiger partial charge in [-0.25, -0.2) is 0 Å². The molecule has 1 aromatic heterocycles. The Hall–Kier alpha value is -0.690. The third kappa shape index (κ3) is 3.00. The summed E-state index contributed by atoms with van der Waals surface area (Å²) in [6.07, 6.45) is -5.08. The molecule has 0 fully saturated rings. The van der Waals surface area contributed by atoms with Crippen LogP contribution in [0.5, 0.6) is 0 Å². The van der Waals surface area contributed by atoms with Gasteiger partial charge in [0.25, 0.3) is 0 Å². The summed E-state index contributed by atoms with van der Waals surface area (Å²) in [5.41, 5.74) is 0.442. The molecule has 0 saturated carbocycles. The Balaban J connectivity index is 3.10. The minimum Gasteiger partial charge on any atom is -0.304 e. The molecule has 0 radical (unpaired) electrons. The van der Waals surface area contributed by atoms with Gasteiger partial charge in [0.05, 0.1) is 0 Å². The van der Waals surface area contributed by atoms with E-state index in [1.54, 1.807) is 6.92 Å². The van der Waals surface area contributed by atoms with Crippen LogP contribution in [-0.4, -0.2) is 18.6 Å². The van der Waals surface area contributed by atoms with Crippen molar-refractivity contribution in [3.05, 3.63) is 21.9 Å². The quantitative estimate of drug-likeness (QED) is 0.796. The van der Waals surface area contributed by atoms with E-state index in [2.05, 4.69) is 5.32 Å². The maximum absolute atomic E-state index is 13.5.